The number of phenols is 1. The Kier molecular flexibility index (Phi) is 4.89. The fourth-order valence-corrected chi connectivity index (χ4v) is 3.01. The van der Waals surface area contributed by atoms with E-state index in [0.29, 0.717) is 17.5 Å². The fourth-order valence-electron chi connectivity index (χ4n) is 3.01. The number of likely N-dealkylation sites (N-methyl/N-ethyl adjacent to an activating group) is 2. The number of ether oxygens (including phenoxy) is 1. The lowest BCUT2D eigenvalue weighted by Crippen LogP contribution is -2.45. The van der Waals surface area contributed by atoms with Crippen LogP contribution < -0.4 is 4.74 Å². The molecule has 0 spiro atoms. The minimum atomic E-state index is 0.192. The molecule has 4 heteroatoms. The van der Waals surface area contributed by atoms with Crippen LogP contribution in [0.5, 0.6) is 11.5 Å². The number of methoxy groups -OCH3 is 1. The first kappa shape index (κ1) is 15.1. The van der Waals surface area contributed by atoms with E-state index in [1.54, 1.807) is 13.2 Å². The Morgan fingerprint density at radius 2 is 2.20 bits per heavy atom. The lowest BCUT2D eigenvalue weighted by Gasteiger charge is -2.39. The van der Waals surface area contributed by atoms with Gasteiger partial charge in [-0.05, 0) is 46.5 Å². The van der Waals surface area contributed by atoms with Gasteiger partial charge < -0.3 is 14.7 Å². The predicted octanol–water partition coefficient (Wildman–Crippen LogP) is 2.49. The number of piperidine rings is 1. The summed E-state index contributed by atoms with van der Waals surface area (Å²) >= 11 is 0. The molecular formula is C16H26N2O2. The Morgan fingerprint density at radius 3 is 2.80 bits per heavy atom. The van der Waals surface area contributed by atoms with Gasteiger partial charge in [-0.15, -0.1) is 0 Å². The van der Waals surface area contributed by atoms with Crippen molar-refractivity contribution in [2.24, 2.45) is 0 Å². The quantitative estimate of drug-likeness (QED) is 0.918. The second kappa shape index (κ2) is 6.46. The standard InChI is InChI=1S/C16H26N2O2/c1-12(15-8-7-14(20-4)10-16(15)19)18(3)13-6-5-9-17(2)11-13/h7-8,10,12-13,19H,5-6,9,11H2,1-4H3. The summed E-state index contributed by atoms with van der Waals surface area (Å²) in [5, 5.41) is 10.2. The summed E-state index contributed by atoms with van der Waals surface area (Å²) in [5.74, 6) is 1.01. The molecule has 0 saturated carbocycles. The van der Waals surface area contributed by atoms with E-state index in [-0.39, 0.29) is 6.04 Å². The maximum absolute atomic E-state index is 10.2. The van der Waals surface area contributed by atoms with Crippen molar-refractivity contribution in [3.63, 3.8) is 0 Å². The van der Waals surface area contributed by atoms with Crippen LogP contribution in [-0.2, 0) is 0 Å². The Labute approximate surface area is 122 Å². The molecule has 2 unspecified atom stereocenters. The highest BCUT2D eigenvalue weighted by Crippen LogP contribution is 2.32. The second-order valence-corrected chi connectivity index (χ2v) is 5.82. The molecule has 0 bridgehead atoms. The molecule has 1 aliphatic rings. The molecule has 2 atom stereocenters. The number of phenolic OH excluding ortho intramolecular Hbond substituents is 1. The van der Waals surface area contributed by atoms with Gasteiger partial charge in [-0.2, -0.15) is 0 Å². The van der Waals surface area contributed by atoms with E-state index in [4.69, 9.17) is 4.74 Å². The summed E-state index contributed by atoms with van der Waals surface area (Å²) in [5.41, 5.74) is 0.960. The van der Waals surface area contributed by atoms with E-state index >= 15 is 0 Å². The van der Waals surface area contributed by atoms with E-state index in [1.807, 2.05) is 12.1 Å². The Balaban J connectivity index is 2.11. The molecule has 112 valence electrons. The zero-order valence-electron chi connectivity index (χ0n) is 13.0. The Morgan fingerprint density at radius 1 is 1.45 bits per heavy atom. The minimum absolute atomic E-state index is 0.192. The lowest BCUT2D eigenvalue weighted by molar-refractivity contribution is 0.104. The second-order valence-electron chi connectivity index (χ2n) is 5.82. The van der Waals surface area contributed by atoms with Crippen molar-refractivity contribution in [3.05, 3.63) is 23.8 Å². The fraction of sp³-hybridized carbons (Fsp3) is 0.625. The third-order valence-electron chi connectivity index (χ3n) is 4.47. The predicted molar refractivity (Wildman–Crippen MR) is 81.4 cm³/mol. The number of likely N-dealkylation sites (tertiary alicyclic amines) is 1. The molecule has 0 aromatic heterocycles. The van der Waals surface area contributed by atoms with E-state index in [1.165, 1.54) is 19.4 Å². The van der Waals surface area contributed by atoms with Crippen molar-refractivity contribution in [2.75, 3.05) is 34.3 Å². The summed E-state index contributed by atoms with van der Waals surface area (Å²) in [6, 6.07) is 6.30. The van der Waals surface area contributed by atoms with Crippen molar-refractivity contribution in [1.82, 2.24) is 9.80 Å². The van der Waals surface area contributed by atoms with E-state index in [9.17, 15) is 5.11 Å². The van der Waals surface area contributed by atoms with Gasteiger partial charge in [0.2, 0.25) is 0 Å². The van der Waals surface area contributed by atoms with Crippen molar-refractivity contribution >= 4 is 0 Å². The molecule has 1 saturated heterocycles. The molecule has 1 aromatic rings. The van der Waals surface area contributed by atoms with Crippen LogP contribution in [0.2, 0.25) is 0 Å². The number of nitrogens with zero attached hydrogens (tertiary/aromatic N) is 2. The summed E-state index contributed by atoms with van der Waals surface area (Å²) in [6.45, 7) is 4.43. The topological polar surface area (TPSA) is 35.9 Å². The third-order valence-corrected chi connectivity index (χ3v) is 4.47. The Hall–Kier alpha value is -1.26. The largest absolute Gasteiger partial charge is 0.507 e. The van der Waals surface area contributed by atoms with Gasteiger partial charge in [0.1, 0.15) is 11.5 Å². The van der Waals surface area contributed by atoms with Crippen LogP contribution in [0.25, 0.3) is 0 Å². The van der Waals surface area contributed by atoms with E-state index in [2.05, 4.69) is 30.8 Å². The molecule has 2 rings (SSSR count). The smallest absolute Gasteiger partial charge is 0.124 e. The third kappa shape index (κ3) is 3.25. The van der Waals surface area contributed by atoms with Gasteiger partial charge in [0.25, 0.3) is 0 Å². The monoisotopic (exact) mass is 278 g/mol. The lowest BCUT2D eigenvalue weighted by atomic mass is 10.00. The van der Waals surface area contributed by atoms with Crippen LogP contribution >= 0.6 is 0 Å². The van der Waals surface area contributed by atoms with Crippen molar-refractivity contribution in [1.29, 1.82) is 0 Å². The summed E-state index contributed by atoms with van der Waals surface area (Å²) < 4.78 is 5.14. The molecule has 20 heavy (non-hydrogen) atoms. The van der Waals surface area contributed by atoms with Crippen molar-refractivity contribution < 1.29 is 9.84 Å². The van der Waals surface area contributed by atoms with Gasteiger partial charge in [0.05, 0.1) is 7.11 Å². The summed E-state index contributed by atoms with van der Waals surface area (Å²) in [6.07, 6.45) is 2.47. The molecule has 1 N–H and O–H groups in total. The molecule has 1 fully saturated rings. The number of hydrogen-bond acceptors (Lipinski definition) is 4. The number of benzene rings is 1. The van der Waals surface area contributed by atoms with Gasteiger partial charge in [-0.3, -0.25) is 4.90 Å². The highest BCUT2D eigenvalue weighted by Gasteiger charge is 2.26. The van der Waals surface area contributed by atoms with Gasteiger partial charge in [0.15, 0.2) is 0 Å². The number of hydrogen-bond donors (Lipinski definition) is 1. The van der Waals surface area contributed by atoms with Crippen LogP contribution in [0.3, 0.4) is 0 Å². The molecular weight excluding hydrogens is 252 g/mol. The van der Waals surface area contributed by atoms with Crippen molar-refractivity contribution in [3.8, 4) is 11.5 Å². The highest BCUT2D eigenvalue weighted by molar-refractivity contribution is 5.41. The first-order valence-electron chi connectivity index (χ1n) is 7.30. The maximum atomic E-state index is 10.2. The average molecular weight is 278 g/mol. The molecule has 1 aromatic carbocycles. The van der Waals surface area contributed by atoms with Crippen LogP contribution in [0.4, 0.5) is 0 Å². The molecule has 1 aliphatic heterocycles. The number of aromatic hydroxyl groups is 1. The Bertz CT molecular complexity index is 450. The van der Waals surface area contributed by atoms with E-state index < -0.39 is 0 Å². The van der Waals surface area contributed by atoms with Crippen LogP contribution in [0, 0.1) is 0 Å². The van der Waals surface area contributed by atoms with Crippen LogP contribution in [0.1, 0.15) is 31.4 Å². The molecule has 0 amide bonds. The average Bonchev–Trinajstić information content (AvgIpc) is 2.45. The zero-order chi connectivity index (χ0) is 14.7. The summed E-state index contributed by atoms with van der Waals surface area (Å²) in [7, 11) is 5.94. The molecule has 0 aliphatic carbocycles. The molecule has 4 nitrogen and oxygen atoms in total. The van der Waals surface area contributed by atoms with Crippen LogP contribution in [-0.4, -0.2) is 55.2 Å². The highest BCUT2D eigenvalue weighted by atomic mass is 16.5. The maximum Gasteiger partial charge on any atom is 0.124 e. The van der Waals surface area contributed by atoms with E-state index in [0.717, 1.165) is 12.1 Å². The number of rotatable bonds is 4. The zero-order valence-corrected chi connectivity index (χ0v) is 13.0. The van der Waals surface area contributed by atoms with Gasteiger partial charge in [0, 0.05) is 30.3 Å². The van der Waals surface area contributed by atoms with Gasteiger partial charge in [-0.25, -0.2) is 0 Å². The first-order valence-corrected chi connectivity index (χ1v) is 7.30. The van der Waals surface area contributed by atoms with Crippen LogP contribution in [0.15, 0.2) is 18.2 Å². The molecule has 1 heterocycles. The SMILES string of the molecule is COc1ccc(C(C)N(C)C2CCCN(C)C2)c(O)c1. The minimum Gasteiger partial charge on any atom is -0.507 e. The van der Waals surface area contributed by atoms with Gasteiger partial charge in [-0.1, -0.05) is 6.07 Å². The summed E-state index contributed by atoms with van der Waals surface area (Å²) in [4.78, 5) is 4.75. The first-order chi connectivity index (χ1) is 9.52. The van der Waals surface area contributed by atoms with Crippen molar-refractivity contribution in [2.45, 2.75) is 31.8 Å². The normalized spacial score (nSPS) is 21.9. The van der Waals surface area contributed by atoms with Gasteiger partial charge >= 0.3 is 0 Å². The molecule has 0 radical (unpaired) electrons.